The summed E-state index contributed by atoms with van der Waals surface area (Å²) in [6.07, 6.45) is 1.96. The van der Waals surface area contributed by atoms with E-state index >= 15 is 0 Å². The van der Waals surface area contributed by atoms with Gasteiger partial charge in [0, 0.05) is 49.9 Å². The number of aromatic nitrogens is 3. The number of hydrogen-bond donors (Lipinski definition) is 3. The van der Waals surface area contributed by atoms with Gasteiger partial charge in [-0.2, -0.15) is 0 Å². The van der Waals surface area contributed by atoms with Gasteiger partial charge in [-0.25, -0.2) is 23.1 Å². The second-order valence-electron chi connectivity index (χ2n) is 8.88. The maximum atomic E-state index is 12.9. The summed E-state index contributed by atoms with van der Waals surface area (Å²) in [6, 6.07) is 11.1. The molecule has 1 aliphatic heterocycles. The van der Waals surface area contributed by atoms with Crippen molar-refractivity contribution in [3.63, 3.8) is 0 Å². The normalized spacial score (nSPS) is 16.7. The Morgan fingerprint density at radius 3 is 2.83 bits per heavy atom. The Labute approximate surface area is 217 Å². The van der Waals surface area contributed by atoms with E-state index in [1.807, 2.05) is 35.9 Å². The zero-order valence-corrected chi connectivity index (χ0v) is 22.2. The van der Waals surface area contributed by atoms with Crippen molar-refractivity contribution in [2.24, 2.45) is 7.05 Å². The number of hydrogen-bond acceptors (Lipinski definition) is 8. The van der Waals surface area contributed by atoms with Crippen molar-refractivity contribution < 1.29 is 13.2 Å². The van der Waals surface area contributed by atoms with Crippen molar-refractivity contribution in [3.8, 4) is 0 Å². The first-order valence-electron chi connectivity index (χ1n) is 11.4. The highest BCUT2D eigenvalue weighted by Gasteiger charge is 2.24. The second-order valence-corrected chi connectivity index (χ2v) is 12.2. The molecular formula is C23H26ClN7O3S2. The number of carbonyl (C=O) groups excluding carboxylic acids is 1. The molecular weight excluding hydrogens is 522 g/mol. The lowest BCUT2D eigenvalue weighted by molar-refractivity contribution is 0.0938. The Hall–Kier alpha value is -2.77. The van der Waals surface area contributed by atoms with Crippen LogP contribution in [0.15, 0.2) is 36.4 Å². The van der Waals surface area contributed by atoms with E-state index in [1.165, 1.54) is 11.3 Å². The number of nitrogens with one attached hydrogen (secondary N) is 3. The van der Waals surface area contributed by atoms with Gasteiger partial charge in [-0.05, 0) is 42.8 Å². The predicted octanol–water partition coefficient (Wildman–Crippen LogP) is 2.93. The number of sulfonamides is 1. The van der Waals surface area contributed by atoms with Gasteiger partial charge in [-0.3, -0.25) is 9.69 Å². The number of halogens is 1. The Kier molecular flexibility index (Phi) is 6.88. The van der Waals surface area contributed by atoms with Crippen LogP contribution in [0.25, 0.3) is 21.3 Å². The number of aryl methyl sites for hydroxylation is 1. The van der Waals surface area contributed by atoms with E-state index in [9.17, 15) is 13.2 Å². The number of thiazole rings is 1. The summed E-state index contributed by atoms with van der Waals surface area (Å²) in [5.74, 6) is 0.475. The lowest BCUT2D eigenvalue weighted by Gasteiger charge is -2.16. The van der Waals surface area contributed by atoms with Crippen LogP contribution < -0.4 is 15.4 Å². The minimum atomic E-state index is -3.20. The molecule has 3 N–H and O–H groups in total. The molecule has 36 heavy (non-hydrogen) atoms. The SMILES string of the molecule is Cn1c(Nc2nc3ccc(Cl)cc3s2)nc2cc(C(=O)NC3CCN(CCNS(C)(=O)=O)C3)ccc21. The van der Waals surface area contributed by atoms with Gasteiger partial charge in [0.1, 0.15) is 0 Å². The molecule has 1 amide bonds. The lowest BCUT2D eigenvalue weighted by Crippen LogP contribution is -2.38. The number of carbonyl (C=O) groups is 1. The fourth-order valence-corrected chi connectivity index (χ4v) is 5.91. The molecule has 0 bridgehead atoms. The highest BCUT2D eigenvalue weighted by Crippen LogP contribution is 2.31. The molecule has 1 saturated heterocycles. The van der Waals surface area contributed by atoms with Crippen LogP contribution >= 0.6 is 22.9 Å². The van der Waals surface area contributed by atoms with Gasteiger partial charge in [0.2, 0.25) is 16.0 Å². The standard InChI is InChI=1S/C23H26ClN7O3S2/c1-30-19-6-3-14(21(32)26-16-7-9-31(13-16)10-8-25-36(2,33)34)11-18(19)27-22(30)29-23-28-17-5-4-15(24)12-20(17)35-23/h3-6,11-12,16,25H,7-10,13H2,1-2H3,(H,26,32)(H,27,28,29). The highest BCUT2D eigenvalue weighted by atomic mass is 35.5. The average Bonchev–Trinajstić information content (AvgIpc) is 3.50. The molecule has 1 aliphatic rings. The van der Waals surface area contributed by atoms with E-state index in [2.05, 4.69) is 30.2 Å². The van der Waals surface area contributed by atoms with Gasteiger partial charge in [0.05, 0.1) is 27.5 Å². The molecule has 190 valence electrons. The largest absolute Gasteiger partial charge is 0.348 e. The van der Waals surface area contributed by atoms with Crippen LogP contribution in [0, 0.1) is 0 Å². The molecule has 10 nitrogen and oxygen atoms in total. The van der Waals surface area contributed by atoms with E-state index in [0.29, 0.717) is 46.8 Å². The van der Waals surface area contributed by atoms with Crippen LogP contribution in [0.1, 0.15) is 16.8 Å². The molecule has 2 aromatic carbocycles. The average molecular weight is 548 g/mol. The summed E-state index contributed by atoms with van der Waals surface area (Å²) in [5, 5.41) is 7.74. The fraction of sp³-hybridized carbons (Fsp3) is 0.348. The first-order valence-corrected chi connectivity index (χ1v) is 14.5. The Morgan fingerprint density at radius 2 is 2.03 bits per heavy atom. The number of fused-ring (bicyclic) bond motifs is 2. The van der Waals surface area contributed by atoms with Crippen LogP contribution in [0.5, 0.6) is 0 Å². The zero-order chi connectivity index (χ0) is 25.4. The fourth-order valence-electron chi connectivity index (χ4n) is 4.31. The first kappa shape index (κ1) is 24.9. The number of anilines is 2. The van der Waals surface area contributed by atoms with E-state index in [1.54, 1.807) is 12.1 Å². The quantitative estimate of drug-likeness (QED) is 0.310. The van der Waals surface area contributed by atoms with Crippen LogP contribution in [-0.4, -0.2) is 72.2 Å². The van der Waals surface area contributed by atoms with Gasteiger partial charge in [-0.15, -0.1) is 0 Å². The number of amides is 1. The molecule has 1 unspecified atom stereocenters. The molecule has 0 aliphatic carbocycles. The minimum Gasteiger partial charge on any atom is -0.348 e. The maximum absolute atomic E-state index is 12.9. The summed E-state index contributed by atoms with van der Waals surface area (Å²) in [4.78, 5) is 24.3. The smallest absolute Gasteiger partial charge is 0.251 e. The third-order valence-electron chi connectivity index (χ3n) is 6.11. The van der Waals surface area contributed by atoms with Crippen LogP contribution in [0.2, 0.25) is 5.02 Å². The predicted molar refractivity (Wildman–Crippen MR) is 144 cm³/mol. The molecule has 0 radical (unpaired) electrons. The number of nitrogens with zero attached hydrogens (tertiary/aromatic N) is 4. The Bertz CT molecular complexity index is 1550. The minimum absolute atomic E-state index is 0.0138. The van der Waals surface area contributed by atoms with Gasteiger partial charge in [0.25, 0.3) is 5.91 Å². The molecule has 0 spiro atoms. The van der Waals surface area contributed by atoms with E-state index < -0.39 is 10.0 Å². The molecule has 1 fully saturated rings. The monoisotopic (exact) mass is 547 g/mol. The van der Waals surface area contributed by atoms with Crippen molar-refractivity contribution in [2.45, 2.75) is 12.5 Å². The van der Waals surface area contributed by atoms with Crippen LogP contribution in [0.3, 0.4) is 0 Å². The maximum Gasteiger partial charge on any atom is 0.251 e. The van der Waals surface area contributed by atoms with E-state index in [4.69, 9.17) is 11.6 Å². The first-order chi connectivity index (χ1) is 17.1. The molecule has 1 atom stereocenters. The Morgan fingerprint density at radius 1 is 1.19 bits per heavy atom. The third-order valence-corrected chi connectivity index (χ3v) is 8.01. The van der Waals surface area contributed by atoms with E-state index in [-0.39, 0.29) is 11.9 Å². The van der Waals surface area contributed by atoms with Gasteiger partial charge in [0.15, 0.2) is 5.13 Å². The number of imidazole rings is 1. The Balaban J connectivity index is 1.24. The topological polar surface area (TPSA) is 121 Å². The van der Waals surface area contributed by atoms with Crippen molar-refractivity contribution >= 4 is 71.2 Å². The zero-order valence-electron chi connectivity index (χ0n) is 19.8. The van der Waals surface area contributed by atoms with Crippen molar-refractivity contribution in [2.75, 3.05) is 37.8 Å². The van der Waals surface area contributed by atoms with Gasteiger partial charge in [-0.1, -0.05) is 22.9 Å². The number of likely N-dealkylation sites (tertiary alicyclic amines) is 1. The summed E-state index contributed by atoms with van der Waals surface area (Å²) in [6.45, 7) is 2.46. The molecule has 4 aromatic rings. The summed E-state index contributed by atoms with van der Waals surface area (Å²) in [5.41, 5.74) is 3.00. The molecule has 2 aromatic heterocycles. The van der Waals surface area contributed by atoms with E-state index in [0.717, 1.165) is 35.0 Å². The molecule has 13 heteroatoms. The lowest BCUT2D eigenvalue weighted by atomic mass is 10.1. The van der Waals surface area contributed by atoms with Crippen molar-refractivity contribution in [3.05, 3.63) is 47.0 Å². The third kappa shape index (κ3) is 5.62. The number of benzene rings is 2. The second kappa shape index (κ2) is 9.94. The summed E-state index contributed by atoms with van der Waals surface area (Å²) >= 11 is 7.58. The van der Waals surface area contributed by atoms with Crippen molar-refractivity contribution in [1.82, 2.24) is 29.5 Å². The summed E-state index contributed by atoms with van der Waals surface area (Å²) in [7, 11) is -1.29. The molecule has 5 rings (SSSR count). The van der Waals surface area contributed by atoms with Crippen LogP contribution in [0.4, 0.5) is 11.1 Å². The highest BCUT2D eigenvalue weighted by molar-refractivity contribution is 7.88. The summed E-state index contributed by atoms with van der Waals surface area (Å²) < 4.78 is 27.9. The molecule has 3 heterocycles. The van der Waals surface area contributed by atoms with Gasteiger partial charge < -0.3 is 15.2 Å². The molecule has 0 saturated carbocycles. The van der Waals surface area contributed by atoms with Crippen molar-refractivity contribution in [1.29, 1.82) is 0 Å². The van der Waals surface area contributed by atoms with Crippen LogP contribution in [-0.2, 0) is 17.1 Å². The number of rotatable bonds is 8. The van der Waals surface area contributed by atoms with Gasteiger partial charge >= 0.3 is 0 Å².